The Morgan fingerprint density at radius 2 is 2.00 bits per heavy atom. The highest BCUT2D eigenvalue weighted by Gasteiger charge is 2.15. The summed E-state index contributed by atoms with van der Waals surface area (Å²) in [5, 5.41) is 11.5. The summed E-state index contributed by atoms with van der Waals surface area (Å²) in [6.45, 7) is 3.91. The predicted octanol–water partition coefficient (Wildman–Crippen LogP) is 3.99. The molecule has 0 heterocycles. The standard InChI is InChI=1S/C17H16N2OS/c1-12-6-3-4-9-16(12)21-13(2)17(20)19-15-8-5-7-14(10-15)11-18/h3-10,13H,1-2H3,(H,19,20). The number of benzene rings is 2. The van der Waals surface area contributed by atoms with Gasteiger partial charge in [0.1, 0.15) is 0 Å². The molecule has 3 nitrogen and oxygen atoms in total. The van der Waals surface area contributed by atoms with Crippen LogP contribution in [0, 0.1) is 18.3 Å². The number of carbonyl (C=O) groups excluding carboxylic acids is 1. The summed E-state index contributed by atoms with van der Waals surface area (Å²) in [7, 11) is 0. The number of nitriles is 1. The maximum absolute atomic E-state index is 12.2. The van der Waals surface area contributed by atoms with Crippen LogP contribution in [0.15, 0.2) is 53.4 Å². The Hall–Kier alpha value is -2.25. The predicted molar refractivity (Wildman–Crippen MR) is 86.3 cm³/mol. The Bertz CT molecular complexity index is 691. The van der Waals surface area contributed by atoms with Gasteiger partial charge >= 0.3 is 0 Å². The third-order valence-corrected chi connectivity index (χ3v) is 4.31. The van der Waals surface area contributed by atoms with Crippen molar-refractivity contribution in [1.29, 1.82) is 5.26 Å². The fraction of sp³-hybridized carbons (Fsp3) is 0.176. The number of amides is 1. The molecule has 1 N–H and O–H groups in total. The number of carbonyl (C=O) groups is 1. The summed E-state index contributed by atoms with van der Waals surface area (Å²) >= 11 is 1.53. The summed E-state index contributed by atoms with van der Waals surface area (Å²) in [5.74, 6) is -0.0710. The Morgan fingerprint density at radius 1 is 1.24 bits per heavy atom. The summed E-state index contributed by atoms with van der Waals surface area (Å²) in [5.41, 5.74) is 2.34. The second-order valence-corrected chi connectivity index (χ2v) is 6.09. The topological polar surface area (TPSA) is 52.9 Å². The van der Waals surface area contributed by atoms with E-state index in [-0.39, 0.29) is 11.2 Å². The Labute approximate surface area is 129 Å². The first-order valence-electron chi connectivity index (χ1n) is 6.63. The summed E-state index contributed by atoms with van der Waals surface area (Å²) in [4.78, 5) is 13.3. The second-order valence-electron chi connectivity index (χ2n) is 4.71. The lowest BCUT2D eigenvalue weighted by Crippen LogP contribution is -2.22. The van der Waals surface area contributed by atoms with Crippen LogP contribution in [0.4, 0.5) is 5.69 Å². The molecule has 106 valence electrons. The number of nitrogens with one attached hydrogen (secondary N) is 1. The van der Waals surface area contributed by atoms with E-state index < -0.39 is 0 Å². The quantitative estimate of drug-likeness (QED) is 0.868. The van der Waals surface area contributed by atoms with E-state index in [2.05, 4.69) is 11.4 Å². The van der Waals surface area contributed by atoms with E-state index in [9.17, 15) is 4.79 Å². The van der Waals surface area contributed by atoms with E-state index in [1.54, 1.807) is 24.3 Å². The minimum Gasteiger partial charge on any atom is -0.325 e. The molecule has 0 bridgehead atoms. The van der Waals surface area contributed by atoms with E-state index in [1.165, 1.54) is 11.8 Å². The van der Waals surface area contributed by atoms with Gasteiger partial charge in [-0.1, -0.05) is 24.3 Å². The molecule has 4 heteroatoms. The van der Waals surface area contributed by atoms with E-state index in [4.69, 9.17) is 5.26 Å². The van der Waals surface area contributed by atoms with Gasteiger partial charge in [-0.05, 0) is 43.7 Å². The second kappa shape index (κ2) is 6.96. The van der Waals surface area contributed by atoms with E-state index in [0.29, 0.717) is 11.3 Å². The van der Waals surface area contributed by atoms with Crippen molar-refractivity contribution >= 4 is 23.4 Å². The average molecular weight is 296 g/mol. The Kier molecular flexibility index (Phi) is 5.02. The minimum absolute atomic E-state index is 0.0710. The first-order valence-corrected chi connectivity index (χ1v) is 7.51. The van der Waals surface area contributed by atoms with Gasteiger partial charge in [0.15, 0.2) is 0 Å². The van der Waals surface area contributed by atoms with E-state index in [0.717, 1.165) is 10.5 Å². The highest BCUT2D eigenvalue weighted by Crippen LogP contribution is 2.27. The molecule has 1 unspecified atom stereocenters. The minimum atomic E-state index is -0.211. The van der Waals surface area contributed by atoms with Crippen LogP contribution in [0.5, 0.6) is 0 Å². The molecule has 0 saturated carbocycles. The number of aryl methyl sites for hydroxylation is 1. The van der Waals surface area contributed by atoms with E-state index >= 15 is 0 Å². The van der Waals surface area contributed by atoms with Gasteiger partial charge in [-0.2, -0.15) is 5.26 Å². The summed E-state index contributed by atoms with van der Waals surface area (Å²) in [6, 6.07) is 17.0. The van der Waals surface area contributed by atoms with Crippen LogP contribution in [0.2, 0.25) is 0 Å². The molecule has 0 aliphatic heterocycles. The zero-order valence-electron chi connectivity index (χ0n) is 12.0. The van der Waals surface area contributed by atoms with Gasteiger partial charge in [-0.3, -0.25) is 4.79 Å². The number of hydrogen-bond acceptors (Lipinski definition) is 3. The molecule has 0 aliphatic rings. The van der Waals surface area contributed by atoms with Gasteiger partial charge in [0.2, 0.25) is 5.91 Å². The van der Waals surface area contributed by atoms with Crippen molar-refractivity contribution in [1.82, 2.24) is 0 Å². The normalized spacial score (nSPS) is 11.5. The molecule has 0 aromatic heterocycles. The summed E-state index contributed by atoms with van der Waals surface area (Å²) < 4.78 is 0. The van der Waals surface area contributed by atoms with Crippen molar-refractivity contribution in [2.45, 2.75) is 24.0 Å². The summed E-state index contributed by atoms with van der Waals surface area (Å²) in [6.07, 6.45) is 0. The van der Waals surface area contributed by atoms with Crippen molar-refractivity contribution in [3.63, 3.8) is 0 Å². The number of rotatable bonds is 4. The number of hydrogen-bond donors (Lipinski definition) is 1. The highest BCUT2D eigenvalue weighted by molar-refractivity contribution is 8.00. The fourth-order valence-electron chi connectivity index (χ4n) is 1.84. The molecular weight excluding hydrogens is 280 g/mol. The number of anilines is 1. The lowest BCUT2D eigenvalue weighted by atomic mass is 10.2. The maximum Gasteiger partial charge on any atom is 0.237 e. The van der Waals surface area contributed by atoms with Gasteiger partial charge in [0.25, 0.3) is 0 Å². The molecule has 0 fully saturated rings. The van der Waals surface area contributed by atoms with Crippen molar-refractivity contribution in [3.05, 3.63) is 59.7 Å². The van der Waals surface area contributed by atoms with Crippen LogP contribution in [-0.4, -0.2) is 11.2 Å². The molecule has 2 aromatic carbocycles. The first-order chi connectivity index (χ1) is 10.1. The van der Waals surface area contributed by atoms with Crippen molar-refractivity contribution in [3.8, 4) is 6.07 Å². The molecular formula is C17H16N2OS. The number of thioether (sulfide) groups is 1. The van der Waals surface area contributed by atoms with Crippen LogP contribution in [0.25, 0.3) is 0 Å². The molecule has 2 aromatic rings. The molecule has 21 heavy (non-hydrogen) atoms. The molecule has 2 rings (SSSR count). The lowest BCUT2D eigenvalue weighted by molar-refractivity contribution is -0.115. The molecule has 1 amide bonds. The van der Waals surface area contributed by atoms with Gasteiger partial charge in [0.05, 0.1) is 16.9 Å². The number of nitrogens with zero attached hydrogens (tertiary/aromatic N) is 1. The van der Waals surface area contributed by atoms with Crippen molar-refractivity contribution in [2.24, 2.45) is 0 Å². The molecule has 0 radical (unpaired) electrons. The monoisotopic (exact) mass is 296 g/mol. The third kappa shape index (κ3) is 4.11. The van der Waals surface area contributed by atoms with Crippen molar-refractivity contribution in [2.75, 3.05) is 5.32 Å². The molecule has 0 saturated heterocycles. The highest BCUT2D eigenvalue weighted by atomic mass is 32.2. The zero-order chi connectivity index (χ0) is 15.2. The maximum atomic E-state index is 12.2. The van der Waals surface area contributed by atoms with Crippen molar-refractivity contribution < 1.29 is 4.79 Å². The SMILES string of the molecule is Cc1ccccc1SC(C)C(=O)Nc1cccc(C#N)c1. The largest absolute Gasteiger partial charge is 0.325 e. The van der Waals surface area contributed by atoms with Crippen LogP contribution >= 0.6 is 11.8 Å². The average Bonchev–Trinajstić information content (AvgIpc) is 2.49. The molecule has 1 atom stereocenters. The zero-order valence-corrected chi connectivity index (χ0v) is 12.8. The Balaban J connectivity index is 2.03. The van der Waals surface area contributed by atoms with E-state index in [1.807, 2.05) is 38.1 Å². The smallest absolute Gasteiger partial charge is 0.237 e. The van der Waals surface area contributed by atoms with Gasteiger partial charge in [-0.25, -0.2) is 0 Å². The molecule has 0 spiro atoms. The lowest BCUT2D eigenvalue weighted by Gasteiger charge is -2.13. The van der Waals surface area contributed by atoms with Gasteiger partial charge < -0.3 is 5.32 Å². The van der Waals surface area contributed by atoms with Gasteiger partial charge in [0, 0.05) is 10.6 Å². The van der Waals surface area contributed by atoms with Crippen LogP contribution in [0.1, 0.15) is 18.1 Å². The van der Waals surface area contributed by atoms with Crippen LogP contribution < -0.4 is 5.32 Å². The first kappa shape index (κ1) is 15.1. The fourth-order valence-corrected chi connectivity index (χ4v) is 2.80. The van der Waals surface area contributed by atoms with Gasteiger partial charge in [-0.15, -0.1) is 11.8 Å². The third-order valence-electron chi connectivity index (χ3n) is 3.03. The van der Waals surface area contributed by atoms with Crippen LogP contribution in [-0.2, 0) is 4.79 Å². The molecule has 0 aliphatic carbocycles. The Morgan fingerprint density at radius 3 is 2.71 bits per heavy atom. The van der Waals surface area contributed by atoms with Crippen LogP contribution in [0.3, 0.4) is 0 Å².